The van der Waals surface area contributed by atoms with Crippen LogP contribution < -0.4 is 10.6 Å². The van der Waals surface area contributed by atoms with Crippen molar-refractivity contribution in [3.05, 3.63) is 64.7 Å². The predicted octanol–water partition coefficient (Wildman–Crippen LogP) is 3.10. The van der Waals surface area contributed by atoms with Crippen molar-refractivity contribution in [2.45, 2.75) is 26.0 Å². The van der Waals surface area contributed by atoms with Crippen LogP contribution in [0.3, 0.4) is 0 Å². The Morgan fingerprint density at radius 1 is 1.22 bits per heavy atom. The van der Waals surface area contributed by atoms with Gasteiger partial charge in [-0.1, -0.05) is 36.4 Å². The van der Waals surface area contributed by atoms with Crippen molar-refractivity contribution >= 4 is 17.3 Å². The largest absolute Gasteiger partial charge is 0.383 e. The average molecular weight is 384 g/mol. The first kappa shape index (κ1) is 19.1. The standard InChI is InChI=1S/C20H25N5OS/c1-3-21-19(24-14-20(2,26)17-10-7-11-27-17)23-13-18-22-12-16(25-18)15-8-5-4-6-9-15/h4-12,26H,3,13-14H2,1-2H3,(H,22,25)(H2,21,23,24). The molecule has 3 aromatic rings. The van der Waals surface area contributed by atoms with E-state index in [0.29, 0.717) is 19.0 Å². The van der Waals surface area contributed by atoms with E-state index in [-0.39, 0.29) is 0 Å². The monoisotopic (exact) mass is 383 g/mol. The molecule has 0 amide bonds. The highest BCUT2D eigenvalue weighted by Gasteiger charge is 2.24. The van der Waals surface area contributed by atoms with E-state index in [4.69, 9.17) is 0 Å². The number of hydrogen-bond acceptors (Lipinski definition) is 4. The summed E-state index contributed by atoms with van der Waals surface area (Å²) < 4.78 is 0. The van der Waals surface area contributed by atoms with Crippen molar-refractivity contribution in [3.8, 4) is 11.3 Å². The van der Waals surface area contributed by atoms with Gasteiger partial charge < -0.3 is 20.7 Å². The van der Waals surface area contributed by atoms with E-state index in [1.807, 2.05) is 61.0 Å². The van der Waals surface area contributed by atoms with Gasteiger partial charge in [0.05, 0.1) is 18.4 Å². The van der Waals surface area contributed by atoms with Gasteiger partial charge in [-0.15, -0.1) is 11.3 Å². The number of aliphatic imine (C=N–C) groups is 1. The summed E-state index contributed by atoms with van der Waals surface area (Å²) in [4.78, 5) is 13.2. The maximum absolute atomic E-state index is 10.7. The molecular formula is C20H25N5OS. The molecule has 1 aromatic carbocycles. The second-order valence-electron chi connectivity index (χ2n) is 6.41. The fourth-order valence-corrected chi connectivity index (χ4v) is 3.42. The molecule has 4 N–H and O–H groups in total. The van der Waals surface area contributed by atoms with Crippen LogP contribution in [0.4, 0.5) is 0 Å². The van der Waals surface area contributed by atoms with Crippen molar-refractivity contribution < 1.29 is 5.11 Å². The number of nitrogens with zero attached hydrogens (tertiary/aromatic N) is 2. The van der Waals surface area contributed by atoms with Gasteiger partial charge in [-0.05, 0) is 30.9 Å². The Morgan fingerprint density at radius 2 is 2.04 bits per heavy atom. The van der Waals surface area contributed by atoms with Crippen LogP contribution >= 0.6 is 11.3 Å². The van der Waals surface area contributed by atoms with Crippen LogP contribution in [0.2, 0.25) is 0 Å². The lowest BCUT2D eigenvalue weighted by molar-refractivity contribution is 0.0655. The summed E-state index contributed by atoms with van der Waals surface area (Å²) in [6.07, 6.45) is 1.82. The Bertz CT molecular complexity index is 856. The first-order valence-corrected chi connectivity index (χ1v) is 9.84. The number of aromatic amines is 1. The van der Waals surface area contributed by atoms with E-state index in [0.717, 1.165) is 28.5 Å². The molecule has 0 radical (unpaired) electrons. The van der Waals surface area contributed by atoms with E-state index in [1.165, 1.54) is 0 Å². The van der Waals surface area contributed by atoms with Crippen LogP contribution in [-0.2, 0) is 12.1 Å². The van der Waals surface area contributed by atoms with Crippen LogP contribution in [0.5, 0.6) is 0 Å². The zero-order valence-corrected chi connectivity index (χ0v) is 16.4. The van der Waals surface area contributed by atoms with Crippen molar-refractivity contribution in [3.63, 3.8) is 0 Å². The zero-order valence-electron chi connectivity index (χ0n) is 15.6. The van der Waals surface area contributed by atoms with Crippen LogP contribution in [0.25, 0.3) is 11.3 Å². The highest BCUT2D eigenvalue weighted by molar-refractivity contribution is 7.10. The molecule has 0 aliphatic carbocycles. The minimum absolute atomic E-state index is 0.368. The summed E-state index contributed by atoms with van der Waals surface area (Å²) in [5.41, 5.74) is 1.12. The summed E-state index contributed by atoms with van der Waals surface area (Å²) in [6, 6.07) is 13.9. The minimum Gasteiger partial charge on any atom is -0.383 e. The van der Waals surface area contributed by atoms with Gasteiger partial charge >= 0.3 is 0 Å². The molecule has 0 aliphatic rings. The van der Waals surface area contributed by atoms with Crippen LogP contribution in [0, 0.1) is 0 Å². The molecule has 0 fully saturated rings. The van der Waals surface area contributed by atoms with E-state index in [1.54, 1.807) is 18.3 Å². The number of aliphatic hydroxyl groups is 1. The van der Waals surface area contributed by atoms with Gasteiger partial charge in [0.15, 0.2) is 5.96 Å². The van der Waals surface area contributed by atoms with Gasteiger partial charge in [-0.3, -0.25) is 0 Å². The molecule has 1 unspecified atom stereocenters. The van der Waals surface area contributed by atoms with Crippen molar-refractivity contribution in [1.82, 2.24) is 20.6 Å². The molecule has 1 atom stereocenters. The number of rotatable bonds is 7. The maximum Gasteiger partial charge on any atom is 0.191 e. The topological polar surface area (TPSA) is 85.3 Å². The molecule has 6 nitrogen and oxygen atoms in total. The Hall–Kier alpha value is -2.64. The Kier molecular flexibility index (Phi) is 6.26. The highest BCUT2D eigenvalue weighted by Crippen LogP contribution is 2.24. The van der Waals surface area contributed by atoms with Gasteiger partial charge in [-0.2, -0.15) is 0 Å². The number of hydrogen-bond donors (Lipinski definition) is 4. The molecule has 0 spiro atoms. The summed E-state index contributed by atoms with van der Waals surface area (Å²) in [5, 5.41) is 19.0. The highest BCUT2D eigenvalue weighted by atomic mass is 32.1. The number of thiophene rings is 1. The van der Waals surface area contributed by atoms with E-state index in [2.05, 4.69) is 25.6 Å². The van der Waals surface area contributed by atoms with E-state index < -0.39 is 5.60 Å². The molecule has 3 rings (SSSR count). The maximum atomic E-state index is 10.7. The SMILES string of the molecule is CCNC(=NCc1ncc(-c2ccccc2)[nH]1)NCC(C)(O)c1cccs1. The first-order valence-electron chi connectivity index (χ1n) is 8.96. The number of guanidine groups is 1. The lowest BCUT2D eigenvalue weighted by Crippen LogP contribution is -2.44. The second-order valence-corrected chi connectivity index (χ2v) is 7.36. The molecule has 2 heterocycles. The van der Waals surface area contributed by atoms with Gasteiger partial charge in [0.25, 0.3) is 0 Å². The first-order chi connectivity index (χ1) is 13.1. The van der Waals surface area contributed by atoms with E-state index in [9.17, 15) is 5.11 Å². The third kappa shape index (κ3) is 5.18. The molecule has 0 bridgehead atoms. The number of benzene rings is 1. The molecule has 0 saturated heterocycles. The Labute approximate surface area is 163 Å². The van der Waals surface area contributed by atoms with Crippen molar-refractivity contribution in [1.29, 1.82) is 0 Å². The van der Waals surface area contributed by atoms with Crippen LogP contribution in [-0.4, -0.2) is 34.1 Å². The number of aromatic nitrogens is 2. The number of H-pyrrole nitrogens is 1. The normalized spacial score (nSPS) is 14.0. The quantitative estimate of drug-likeness (QED) is 0.373. The van der Waals surface area contributed by atoms with Gasteiger partial charge in [0.1, 0.15) is 18.0 Å². The van der Waals surface area contributed by atoms with E-state index >= 15 is 0 Å². The lowest BCUT2D eigenvalue weighted by Gasteiger charge is -2.23. The number of nitrogens with one attached hydrogen (secondary N) is 3. The van der Waals surface area contributed by atoms with Crippen LogP contribution in [0.15, 0.2) is 59.0 Å². The van der Waals surface area contributed by atoms with Crippen LogP contribution in [0.1, 0.15) is 24.5 Å². The van der Waals surface area contributed by atoms with Crippen molar-refractivity contribution in [2.75, 3.05) is 13.1 Å². The lowest BCUT2D eigenvalue weighted by atomic mass is 10.1. The molecule has 2 aromatic heterocycles. The number of imidazole rings is 1. The third-order valence-corrected chi connectivity index (χ3v) is 5.22. The van der Waals surface area contributed by atoms with Crippen molar-refractivity contribution in [2.24, 2.45) is 4.99 Å². The Morgan fingerprint density at radius 3 is 2.74 bits per heavy atom. The summed E-state index contributed by atoms with van der Waals surface area (Å²) in [7, 11) is 0. The Balaban J connectivity index is 1.63. The van der Waals surface area contributed by atoms with Gasteiger partial charge in [0.2, 0.25) is 0 Å². The predicted molar refractivity (Wildman–Crippen MR) is 111 cm³/mol. The minimum atomic E-state index is -0.949. The molecular weight excluding hydrogens is 358 g/mol. The second kappa shape index (κ2) is 8.83. The third-order valence-electron chi connectivity index (χ3n) is 4.10. The molecule has 0 saturated carbocycles. The van der Waals surface area contributed by atoms with Gasteiger partial charge in [0, 0.05) is 11.4 Å². The summed E-state index contributed by atoms with van der Waals surface area (Å²) in [5.74, 6) is 1.43. The molecule has 7 heteroatoms. The zero-order chi connectivity index (χ0) is 19.1. The fourth-order valence-electron chi connectivity index (χ4n) is 2.63. The molecule has 142 valence electrons. The smallest absolute Gasteiger partial charge is 0.191 e. The molecule has 0 aliphatic heterocycles. The summed E-state index contributed by atoms with van der Waals surface area (Å²) in [6.45, 7) is 5.33. The fraction of sp³-hybridized carbons (Fsp3) is 0.300. The van der Waals surface area contributed by atoms with Gasteiger partial charge in [-0.25, -0.2) is 9.98 Å². The summed E-state index contributed by atoms with van der Waals surface area (Å²) >= 11 is 1.54. The average Bonchev–Trinajstić information content (AvgIpc) is 3.37. The molecule has 27 heavy (non-hydrogen) atoms.